The maximum atomic E-state index is 12.3. The lowest BCUT2D eigenvalue weighted by molar-refractivity contribution is 0.218. The molecular weight excluding hydrogens is 326 g/mol. The molecule has 0 bridgehead atoms. The number of nitrogens with one attached hydrogen (secondary N) is 1. The van der Waals surface area contributed by atoms with Crippen LogP contribution in [0, 0.1) is 5.92 Å². The van der Waals surface area contributed by atoms with E-state index in [0.717, 1.165) is 35.3 Å². The number of furan rings is 1. The van der Waals surface area contributed by atoms with Crippen LogP contribution in [0.3, 0.4) is 0 Å². The molecule has 1 N–H and O–H groups in total. The van der Waals surface area contributed by atoms with Gasteiger partial charge in [-0.1, -0.05) is 19.1 Å². The van der Waals surface area contributed by atoms with Crippen LogP contribution in [-0.4, -0.2) is 20.9 Å². The molecule has 0 spiro atoms. The van der Waals surface area contributed by atoms with Gasteiger partial charge in [0.15, 0.2) is 0 Å². The minimum Gasteiger partial charge on any atom is -0.464 e. The molecule has 2 fully saturated rings. The molecule has 2 heterocycles. The van der Waals surface area contributed by atoms with Gasteiger partial charge < -0.3 is 9.40 Å². The van der Waals surface area contributed by atoms with Crippen molar-refractivity contribution in [3.05, 3.63) is 64.1 Å². The molecule has 0 saturated heterocycles. The summed E-state index contributed by atoms with van der Waals surface area (Å²) < 4.78 is 6.08. The van der Waals surface area contributed by atoms with E-state index in [1.165, 1.54) is 19.3 Å². The van der Waals surface area contributed by atoms with E-state index in [1.54, 1.807) is 0 Å². The summed E-state index contributed by atoms with van der Waals surface area (Å²) in [5, 5.41) is 0.642. The molecule has 0 amide bonds. The molecular formula is C21H23N3O2. The number of hydrogen-bond donors (Lipinski definition) is 1. The number of nitrogens with zero attached hydrogens (tertiary/aromatic N) is 2. The van der Waals surface area contributed by atoms with Crippen molar-refractivity contribution in [2.24, 2.45) is 5.92 Å². The maximum Gasteiger partial charge on any atom is 0.258 e. The summed E-state index contributed by atoms with van der Waals surface area (Å²) in [5.74, 6) is 4.22. The summed E-state index contributed by atoms with van der Waals surface area (Å²) >= 11 is 0. The Morgan fingerprint density at radius 3 is 2.77 bits per heavy atom. The molecule has 5 nitrogen and oxygen atoms in total. The normalized spacial score (nSPS) is 22.2. The van der Waals surface area contributed by atoms with Gasteiger partial charge in [-0.15, -0.1) is 0 Å². The topological polar surface area (TPSA) is 62.1 Å². The number of fused-ring (bicyclic) bond motifs is 1. The molecule has 26 heavy (non-hydrogen) atoms. The largest absolute Gasteiger partial charge is 0.464 e. The van der Waals surface area contributed by atoms with E-state index in [2.05, 4.69) is 33.9 Å². The summed E-state index contributed by atoms with van der Waals surface area (Å²) in [6.07, 6.45) is 3.64. The van der Waals surface area contributed by atoms with Gasteiger partial charge in [-0.25, -0.2) is 4.98 Å². The first-order valence-electron chi connectivity index (χ1n) is 9.48. The molecule has 5 rings (SSSR count). The summed E-state index contributed by atoms with van der Waals surface area (Å²) in [4.78, 5) is 22.3. The number of hydrogen-bond acceptors (Lipinski definition) is 4. The van der Waals surface area contributed by atoms with Crippen molar-refractivity contribution in [3.8, 4) is 0 Å². The van der Waals surface area contributed by atoms with Gasteiger partial charge in [-0.3, -0.25) is 9.69 Å². The number of benzene rings is 1. The number of aromatic nitrogens is 2. The Morgan fingerprint density at radius 1 is 1.19 bits per heavy atom. The Labute approximate surface area is 152 Å². The lowest BCUT2D eigenvalue weighted by Crippen LogP contribution is -2.27. The summed E-state index contributed by atoms with van der Waals surface area (Å²) in [6, 6.07) is 12.3. The van der Waals surface area contributed by atoms with Crippen molar-refractivity contribution in [2.45, 2.75) is 51.2 Å². The Morgan fingerprint density at radius 2 is 2.00 bits per heavy atom. The van der Waals surface area contributed by atoms with Gasteiger partial charge in [0.25, 0.3) is 5.56 Å². The number of para-hydroxylation sites is 1. The van der Waals surface area contributed by atoms with Crippen molar-refractivity contribution < 1.29 is 4.42 Å². The third kappa shape index (κ3) is 3.07. The molecule has 2 aliphatic rings. The zero-order valence-corrected chi connectivity index (χ0v) is 14.9. The quantitative estimate of drug-likeness (QED) is 0.735. The molecule has 2 aromatic heterocycles. The van der Waals surface area contributed by atoms with E-state index < -0.39 is 0 Å². The van der Waals surface area contributed by atoms with Crippen molar-refractivity contribution >= 4 is 10.9 Å². The van der Waals surface area contributed by atoms with Crippen LogP contribution in [0.2, 0.25) is 0 Å². The third-order valence-corrected chi connectivity index (χ3v) is 5.59. The molecule has 5 heteroatoms. The fourth-order valence-electron chi connectivity index (χ4n) is 3.75. The highest BCUT2D eigenvalue weighted by Gasteiger charge is 2.37. The zero-order chi connectivity index (χ0) is 17.7. The van der Waals surface area contributed by atoms with Gasteiger partial charge >= 0.3 is 0 Å². The molecule has 134 valence electrons. The monoisotopic (exact) mass is 349 g/mol. The maximum absolute atomic E-state index is 12.3. The Balaban J connectivity index is 1.36. The fourth-order valence-corrected chi connectivity index (χ4v) is 3.75. The Kier molecular flexibility index (Phi) is 3.71. The first-order valence-corrected chi connectivity index (χ1v) is 9.48. The molecule has 1 aromatic carbocycles. The first-order chi connectivity index (χ1) is 12.7. The molecule has 2 atom stereocenters. The fraction of sp³-hybridized carbons (Fsp3) is 0.429. The van der Waals surface area contributed by atoms with E-state index in [4.69, 9.17) is 4.42 Å². The number of rotatable bonds is 6. The van der Waals surface area contributed by atoms with Crippen LogP contribution in [0.5, 0.6) is 0 Å². The van der Waals surface area contributed by atoms with Crippen molar-refractivity contribution in [2.75, 3.05) is 0 Å². The SMILES string of the molecule is C[C@H]1C[C@H]1c1ccc(CN(Cc2nc3ccccc3c(=O)[nH]2)C2CC2)o1. The molecule has 2 saturated carbocycles. The Bertz CT molecular complexity index is 1000. The van der Waals surface area contributed by atoms with Crippen LogP contribution in [0.4, 0.5) is 0 Å². The lowest BCUT2D eigenvalue weighted by Gasteiger charge is -2.20. The van der Waals surface area contributed by atoms with E-state index >= 15 is 0 Å². The van der Waals surface area contributed by atoms with Crippen molar-refractivity contribution in [3.63, 3.8) is 0 Å². The average molecular weight is 349 g/mol. The van der Waals surface area contributed by atoms with Crippen LogP contribution in [-0.2, 0) is 13.1 Å². The minimum absolute atomic E-state index is 0.0654. The molecule has 0 radical (unpaired) electrons. The van der Waals surface area contributed by atoms with Crippen LogP contribution in [0.15, 0.2) is 45.6 Å². The predicted octanol–water partition coefficient (Wildman–Crippen LogP) is 3.80. The van der Waals surface area contributed by atoms with Crippen LogP contribution < -0.4 is 5.56 Å². The van der Waals surface area contributed by atoms with E-state index in [0.29, 0.717) is 23.9 Å². The summed E-state index contributed by atoms with van der Waals surface area (Å²) in [5.41, 5.74) is 0.689. The summed E-state index contributed by atoms with van der Waals surface area (Å²) in [7, 11) is 0. The zero-order valence-electron chi connectivity index (χ0n) is 14.9. The van der Waals surface area contributed by atoms with Gasteiger partial charge in [-0.05, 0) is 49.4 Å². The van der Waals surface area contributed by atoms with Gasteiger partial charge in [0, 0.05) is 12.0 Å². The molecule has 3 aromatic rings. The standard InChI is InChI=1S/C21H23N3O2/c1-13-10-17(13)19-9-8-15(26-19)11-24(14-6-7-14)12-20-22-18-5-3-2-4-16(18)21(25)23-20/h2-5,8-9,13-14,17H,6-7,10-12H2,1H3,(H,22,23,25)/t13-,17+/m0/s1. The highest BCUT2D eigenvalue weighted by Crippen LogP contribution is 2.47. The second-order valence-electron chi connectivity index (χ2n) is 7.79. The van der Waals surface area contributed by atoms with Gasteiger partial charge in [0.05, 0.1) is 24.0 Å². The van der Waals surface area contributed by atoms with Crippen LogP contribution >= 0.6 is 0 Å². The predicted molar refractivity (Wildman–Crippen MR) is 99.9 cm³/mol. The van der Waals surface area contributed by atoms with Crippen LogP contribution in [0.25, 0.3) is 10.9 Å². The summed E-state index contributed by atoms with van der Waals surface area (Å²) in [6.45, 7) is 3.67. The average Bonchev–Trinajstić information content (AvgIpc) is 3.55. The second-order valence-corrected chi connectivity index (χ2v) is 7.79. The minimum atomic E-state index is -0.0654. The number of H-pyrrole nitrogens is 1. The smallest absolute Gasteiger partial charge is 0.258 e. The highest BCUT2D eigenvalue weighted by molar-refractivity contribution is 5.77. The van der Waals surface area contributed by atoms with E-state index in [9.17, 15) is 4.79 Å². The van der Waals surface area contributed by atoms with Crippen molar-refractivity contribution in [1.82, 2.24) is 14.9 Å². The highest BCUT2D eigenvalue weighted by atomic mass is 16.3. The first kappa shape index (κ1) is 15.8. The Hall–Kier alpha value is -2.40. The number of aromatic amines is 1. The van der Waals surface area contributed by atoms with E-state index in [1.807, 2.05) is 24.3 Å². The molecule has 0 aliphatic heterocycles. The van der Waals surface area contributed by atoms with Crippen molar-refractivity contribution in [1.29, 1.82) is 0 Å². The lowest BCUT2D eigenvalue weighted by atomic mass is 10.2. The van der Waals surface area contributed by atoms with Gasteiger partial charge in [0.2, 0.25) is 0 Å². The third-order valence-electron chi connectivity index (χ3n) is 5.59. The van der Waals surface area contributed by atoms with Crippen LogP contribution in [0.1, 0.15) is 49.4 Å². The molecule has 2 aliphatic carbocycles. The van der Waals surface area contributed by atoms with Gasteiger partial charge in [0.1, 0.15) is 17.3 Å². The van der Waals surface area contributed by atoms with E-state index in [-0.39, 0.29) is 5.56 Å². The molecule has 0 unspecified atom stereocenters. The second kappa shape index (κ2) is 6.09. The van der Waals surface area contributed by atoms with Gasteiger partial charge in [-0.2, -0.15) is 0 Å².